The third kappa shape index (κ3) is 3.16. The molecule has 1 atom stereocenters. The van der Waals surface area contributed by atoms with E-state index in [2.05, 4.69) is 0 Å². The highest BCUT2D eigenvalue weighted by atomic mass is 16.5. The fraction of sp³-hybridized carbons (Fsp3) is 0.429. The quantitative estimate of drug-likeness (QED) is 0.581. The lowest BCUT2D eigenvalue weighted by molar-refractivity contribution is -0.160. The standard InChI is InChI=1S/C14H18O3/c1-4-14(3,11(2)15)13(16)17-10-12-8-6-5-7-9-12/h5-9H,4,10H2,1-3H3. The van der Waals surface area contributed by atoms with E-state index in [0.717, 1.165) is 5.56 Å². The average molecular weight is 234 g/mol. The Morgan fingerprint density at radius 3 is 2.29 bits per heavy atom. The molecule has 0 bridgehead atoms. The van der Waals surface area contributed by atoms with E-state index in [1.54, 1.807) is 6.92 Å². The molecule has 0 amide bonds. The van der Waals surface area contributed by atoms with Crippen LogP contribution in [-0.2, 0) is 20.9 Å². The van der Waals surface area contributed by atoms with Crippen molar-refractivity contribution in [3.63, 3.8) is 0 Å². The van der Waals surface area contributed by atoms with Gasteiger partial charge in [0.25, 0.3) is 0 Å². The van der Waals surface area contributed by atoms with Gasteiger partial charge < -0.3 is 4.74 Å². The van der Waals surface area contributed by atoms with Gasteiger partial charge in [0.05, 0.1) is 0 Å². The second-order valence-corrected chi connectivity index (χ2v) is 4.30. The van der Waals surface area contributed by atoms with Crippen LogP contribution in [0.4, 0.5) is 0 Å². The van der Waals surface area contributed by atoms with Gasteiger partial charge in [-0.1, -0.05) is 37.3 Å². The molecule has 1 aromatic rings. The number of ether oxygens (including phenoxy) is 1. The van der Waals surface area contributed by atoms with Gasteiger partial charge in [0.1, 0.15) is 17.8 Å². The maximum absolute atomic E-state index is 11.9. The number of benzene rings is 1. The number of rotatable bonds is 5. The number of carbonyl (C=O) groups is 2. The Hall–Kier alpha value is -1.64. The number of ketones is 1. The highest BCUT2D eigenvalue weighted by Gasteiger charge is 2.37. The van der Waals surface area contributed by atoms with Crippen LogP contribution >= 0.6 is 0 Å². The molecule has 92 valence electrons. The molecule has 0 spiro atoms. The number of carbonyl (C=O) groups excluding carboxylic acids is 2. The molecule has 0 radical (unpaired) electrons. The first-order chi connectivity index (χ1) is 8.00. The summed E-state index contributed by atoms with van der Waals surface area (Å²) in [6.07, 6.45) is 0.454. The van der Waals surface area contributed by atoms with Crippen LogP contribution in [0.1, 0.15) is 32.8 Å². The molecule has 0 aliphatic heterocycles. The molecule has 0 saturated heterocycles. The van der Waals surface area contributed by atoms with Crippen LogP contribution < -0.4 is 0 Å². The highest BCUT2D eigenvalue weighted by molar-refractivity contribution is 6.02. The molecule has 1 rings (SSSR count). The SMILES string of the molecule is CCC(C)(C(C)=O)C(=O)OCc1ccccc1. The van der Waals surface area contributed by atoms with E-state index in [-0.39, 0.29) is 12.4 Å². The fourth-order valence-electron chi connectivity index (χ4n) is 1.42. The lowest BCUT2D eigenvalue weighted by Gasteiger charge is -2.22. The first-order valence-corrected chi connectivity index (χ1v) is 5.73. The summed E-state index contributed by atoms with van der Waals surface area (Å²) < 4.78 is 5.19. The molecular formula is C14H18O3. The lowest BCUT2D eigenvalue weighted by Crippen LogP contribution is -2.35. The molecule has 1 aromatic carbocycles. The number of hydrogen-bond acceptors (Lipinski definition) is 3. The second kappa shape index (κ2) is 5.62. The van der Waals surface area contributed by atoms with Crippen molar-refractivity contribution in [2.45, 2.75) is 33.8 Å². The Morgan fingerprint density at radius 1 is 1.24 bits per heavy atom. The van der Waals surface area contributed by atoms with E-state index in [1.165, 1.54) is 6.92 Å². The van der Waals surface area contributed by atoms with Crippen LogP contribution in [0, 0.1) is 5.41 Å². The Balaban J connectivity index is 2.64. The van der Waals surface area contributed by atoms with Gasteiger partial charge in [0.2, 0.25) is 0 Å². The van der Waals surface area contributed by atoms with Crippen LogP contribution in [-0.4, -0.2) is 11.8 Å². The third-order valence-electron chi connectivity index (χ3n) is 3.15. The summed E-state index contributed by atoms with van der Waals surface area (Å²) in [6, 6.07) is 9.42. The van der Waals surface area contributed by atoms with Crippen LogP contribution in [0.2, 0.25) is 0 Å². The van der Waals surface area contributed by atoms with Gasteiger partial charge >= 0.3 is 5.97 Å². The van der Waals surface area contributed by atoms with Crippen molar-refractivity contribution in [1.29, 1.82) is 0 Å². The maximum atomic E-state index is 11.9. The zero-order valence-corrected chi connectivity index (χ0v) is 10.5. The monoisotopic (exact) mass is 234 g/mol. The van der Waals surface area contributed by atoms with E-state index in [9.17, 15) is 9.59 Å². The van der Waals surface area contributed by atoms with E-state index in [1.807, 2.05) is 37.3 Å². The topological polar surface area (TPSA) is 43.4 Å². The molecule has 3 nitrogen and oxygen atoms in total. The predicted molar refractivity (Wildman–Crippen MR) is 65.3 cm³/mol. The van der Waals surface area contributed by atoms with E-state index < -0.39 is 11.4 Å². The van der Waals surface area contributed by atoms with Crippen molar-refractivity contribution in [2.24, 2.45) is 5.41 Å². The zero-order valence-electron chi connectivity index (χ0n) is 10.5. The Morgan fingerprint density at radius 2 is 1.82 bits per heavy atom. The minimum Gasteiger partial charge on any atom is -0.460 e. The van der Waals surface area contributed by atoms with Crippen molar-refractivity contribution in [3.05, 3.63) is 35.9 Å². The molecule has 17 heavy (non-hydrogen) atoms. The molecule has 3 heteroatoms. The van der Waals surface area contributed by atoms with Crippen LogP contribution in [0.5, 0.6) is 0 Å². The van der Waals surface area contributed by atoms with Crippen molar-refractivity contribution in [2.75, 3.05) is 0 Å². The van der Waals surface area contributed by atoms with Crippen LogP contribution in [0.3, 0.4) is 0 Å². The van der Waals surface area contributed by atoms with Crippen LogP contribution in [0.25, 0.3) is 0 Å². The second-order valence-electron chi connectivity index (χ2n) is 4.30. The smallest absolute Gasteiger partial charge is 0.319 e. The largest absolute Gasteiger partial charge is 0.460 e. The van der Waals surface area contributed by atoms with Crippen molar-refractivity contribution < 1.29 is 14.3 Å². The third-order valence-corrected chi connectivity index (χ3v) is 3.15. The summed E-state index contributed by atoms with van der Waals surface area (Å²) in [5.74, 6) is -0.602. The molecule has 0 saturated carbocycles. The summed E-state index contributed by atoms with van der Waals surface area (Å²) >= 11 is 0. The Bertz CT molecular complexity index is 397. The van der Waals surface area contributed by atoms with Gasteiger partial charge in [-0.25, -0.2) is 0 Å². The number of Topliss-reactive ketones (excluding diaryl/α,β-unsaturated/α-hetero) is 1. The van der Waals surface area contributed by atoms with E-state index >= 15 is 0 Å². The zero-order chi connectivity index (χ0) is 12.9. The van der Waals surface area contributed by atoms with Gasteiger partial charge in [-0.2, -0.15) is 0 Å². The van der Waals surface area contributed by atoms with Crippen molar-refractivity contribution in [3.8, 4) is 0 Å². The van der Waals surface area contributed by atoms with E-state index in [4.69, 9.17) is 4.74 Å². The van der Waals surface area contributed by atoms with Crippen molar-refractivity contribution in [1.82, 2.24) is 0 Å². The minimum atomic E-state index is -1.02. The lowest BCUT2D eigenvalue weighted by atomic mass is 9.84. The van der Waals surface area contributed by atoms with Crippen molar-refractivity contribution >= 4 is 11.8 Å². The molecule has 1 unspecified atom stereocenters. The molecule has 0 aliphatic rings. The fourth-order valence-corrected chi connectivity index (χ4v) is 1.42. The van der Waals surface area contributed by atoms with Gasteiger partial charge in [-0.15, -0.1) is 0 Å². The molecule has 0 aromatic heterocycles. The Kier molecular flexibility index (Phi) is 4.44. The number of esters is 1. The van der Waals surface area contributed by atoms with Crippen LogP contribution in [0.15, 0.2) is 30.3 Å². The Labute approximate surface area is 102 Å². The molecule has 0 aliphatic carbocycles. The normalized spacial score (nSPS) is 13.8. The molecular weight excluding hydrogens is 216 g/mol. The minimum absolute atomic E-state index is 0.155. The molecule has 0 N–H and O–H groups in total. The predicted octanol–water partition coefficient (Wildman–Crippen LogP) is 2.74. The van der Waals surface area contributed by atoms with Gasteiger partial charge in [0, 0.05) is 0 Å². The summed E-state index contributed by atoms with van der Waals surface area (Å²) in [5, 5.41) is 0. The summed E-state index contributed by atoms with van der Waals surface area (Å²) in [6.45, 7) is 5.07. The van der Waals surface area contributed by atoms with Gasteiger partial charge in [0.15, 0.2) is 0 Å². The van der Waals surface area contributed by atoms with Gasteiger partial charge in [-0.05, 0) is 25.8 Å². The summed E-state index contributed by atoms with van der Waals surface area (Å²) in [5.41, 5.74) is -0.0998. The highest BCUT2D eigenvalue weighted by Crippen LogP contribution is 2.24. The average Bonchev–Trinajstić information content (AvgIpc) is 2.35. The summed E-state index contributed by atoms with van der Waals surface area (Å²) in [4.78, 5) is 23.3. The summed E-state index contributed by atoms with van der Waals surface area (Å²) in [7, 11) is 0. The first kappa shape index (κ1) is 13.4. The molecule has 0 fully saturated rings. The molecule has 0 heterocycles. The first-order valence-electron chi connectivity index (χ1n) is 5.73. The number of hydrogen-bond donors (Lipinski definition) is 0. The van der Waals surface area contributed by atoms with Gasteiger partial charge in [-0.3, -0.25) is 9.59 Å². The maximum Gasteiger partial charge on any atom is 0.319 e. The van der Waals surface area contributed by atoms with E-state index in [0.29, 0.717) is 6.42 Å².